The van der Waals surface area contributed by atoms with Gasteiger partial charge in [0.25, 0.3) is 0 Å². The number of ether oxygens (including phenoxy) is 2. The number of carbonyl (C=O) groups is 1. The molecule has 2 aliphatic rings. The van der Waals surface area contributed by atoms with Crippen LogP contribution in [0.3, 0.4) is 0 Å². The summed E-state index contributed by atoms with van der Waals surface area (Å²) in [5, 5.41) is 0. The van der Waals surface area contributed by atoms with Crippen molar-refractivity contribution in [3.05, 3.63) is 0 Å². The summed E-state index contributed by atoms with van der Waals surface area (Å²) in [6, 6.07) is 0. The number of hydrogen-bond donors (Lipinski definition) is 0. The molecule has 2 aliphatic carbocycles. The minimum atomic E-state index is 0.182. The summed E-state index contributed by atoms with van der Waals surface area (Å²) in [7, 11) is 1.65. The summed E-state index contributed by atoms with van der Waals surface area (Å²) in [5.74, 6) is 1.04. The number of carbonyl (C=O) groups excluding carboxylic acids is 1. The van der Waals surface area contributed by atoms with Gasteiger partial charge in [0, 0.05) is 20.0 Å². The molecule has 0 aromatic heterocycles. The Hall–Kier alpha value is -0.410. The first-order valence-corrected chi connectivity index (χ1v) is 7.07. The molecule has 0 spiro atoms. The third-order valence-corrected chi connectivity index (χ3v) is 5.40. The van der Waals surface area contributed by atoms with Crippen LogP contribution in [0.25, 0.3) is 0 Å². The predicted octanol–water partition coefficient (Wildman–Crippen LogP) is 3.17. The molecule has 0 amide bonds. The maximum absolute atomic E-state index is 11.8. The Labute approximate surface area is 110 Å². The summed E-state index contributed by atoms with van der Waals surface area (Å²) < 4.78 is 10.4. The molecule has 3 atom stereocenters. The number of ketones is 1. The van der Waals surface area contributed by atoms with Gasteiger partial charge in [-0.05, 0) is 42.4 Å². The van der Waals surface area contributed by atoms with Crippen LogP contribution < -0.4 is 0 Å². The summed E-state index contributed by atoms with van der Waals surface area (Å²) in [6.07, 6.45) is 6.22. The minimum absolute atomic E-state index is 0.182. The van der Waals surface area contributed by atoms with Gasteiger partial charge in [0.2, 0.25) is 0 Å². The SMILES string of the molecule is COCOC[C@@H]1CC[C@@]2(C)CCC(=O)C[C@@]2(C)C1. The van der Waals surface area contributed by atoms with E-state index in [0.717, 1.165) is 32.3 Å². The lowest BCUT2D eigenvalue weighted by Gasteiger charge is -2.55. The van der Waals surface area contributed by atoms with E-state index in [0.29, 0.717) is 23.9 Å². The van der Waals surface area contributed by atoms with Crippen molar-refractivity contribution in [2.24, 2.45) is 16.7 Å². The van der Waals surface area contributed by atoms with Gasteiger partial charge in [0.15, 0.2) is 0 Å². The average Bonchev–Trinajstić information content (AvgIpc) is 2.31. The van der Waals surface area contributed by atoms with Crippen molar-refractivity contribution in [3.63, 3.8) is 0 Å². The molecule has 0 bridgehead atoms. The van der Waals surface area contributed by atoms with Gasteiger partial charge in [-0.2, -0.15) is 0 Å². The monoisotopic (exact) mass is 254 g/mol. The van der Waals surface area contributed by atoms with E-state index in [1.165, 1.54) is 12.8 Å². The van der Waals surface area contributed by atoms with Gasteiger partial charge in [0.05, 0.1) is 6.61 Å². The molecule has 104 valence electrons. The van der Waals surface area contributed by atoms with Gasteiger partial charge in [-0.25, -0.2) is 0 Å². The lowest BCUT2D eigenvalue weighted by molar-refractivity contribution is -0.137. The van der Waals surface area contributed by atoms with Gasteiger partial charge in [-0.3, -0.25) is 4.79 Å². The molecule has 0 heterocycles. The molecule has 0 N–H and O–H groups in total. The quantitative estimate of drug-likeness (QED) is 0.571. The highest BCUT2D eigenvalue weighted by molar-refractivity contribution is 5.80. The highest BCUT2D eigenvalue weighted by Gasteiger charge is 2.51. The lowest BCUT2D eigenvalue weighted by atomic mass is 9.50. The zero-order valence-electron chi connectivity index (χ0n) is 12.0. The van der Waals surface area contributed by atoms with Crippen LogP contribution in [0.2, 0.25) is 0 Å². The van der Waals surface area contributed by atoms with Gasteiger partial charge in [-0.1, -0.05) is 13.8 Å². The zero-order valence-corrected chi connectivity index (χ0v) is 12.0. The fraction of sp³-hybridized carbons (Fsp3) is 0.933. The summed E-state index contributed by atoms with van der Waals surface area (Å²) in [5.41, 5.74) is 0.542. The van der Waals surface area contributed by atoms with E-state index < -0.39 is 0 Å². The van der Waals surface area contributed by atoms with Crippen LogP contribution in [0, 0.1) is 16.7 Å². The Morgan fingerprint density at radius 1 is 1.28 bits per heavy atom. The van der Waals surface area contributed by atoms with Crippen LogP contribution in [0.1, 0.15) is 52.4 Å². The molecule has 3 nitrogen and oxygen atoms in total. The number of Topliss-reactive ketones (excluding diaryl/α,β-unsaturated/α-hetero) is 1. The Balaban J connectivity index is 1.98. The van der Waals surface area contributed by atoms with Gasteiger partial charge in [-0.15, -0.1) is 0 Å². The van der Waals surface area contributed by atoms with Crippen molar-refractivity contribution in [2.75, 3.05) is 20.5 Å². The topological polar surface area (TPSA) is 35.5 Å². The fourth-order valence-electron chi connectivity index (χ4n) is 3.90. The van der Waals surface area contributed by atoms with E-state index in [1.807, 2.05) is 0 Å². The molecular weight excluding hydrogens is 228 g/mol. The molecule has 0 aromatic rings. The highest BCUT2D eigenvalue weighted by atomic mass is 16.7. The van der Waals surface area contributed by atoms with E-state index in [2.05, 4.69) is 13.8 Å². The van der Waals surface area contributed by atoms with Crippen LogP contribution in [0.4, 0.5) is 0 Å². The highest BCUT2D eigenvalue weighted by Crippen LogP contribution is 2.58. The largest absolute Gasteiger partial charge is 0.359 e. The second kappa shape index (κ2) is 5.30. The first kappa shape index (κ1) is 14.0. The molecule has 2 saturated carbocycles. The van der Waals surface area contributed by atoms with Crippen molar-refractivity contribution in [1.82, 2.24) is 0 Å². The maximum atomic E-state index is 11.8. The maximum Gasteiger partial charge on any atom is 0.146 e. The van der Waals surface area contributed by atoms with Crippen molar-refractivity contribution in [3.8, 4) is 0 Å². The van der Waals surface area contributed by atoms with Crippen LogP contribution in [-0.4, -0.2) is 26.3 Å². The molecule has 0 unspecified atom stereocenters. The molecule has 0 aliphatic heterocycles. The standard InChI is InChI=1S/C15H26O3/c1-14-6-4-12(10-18-11-17-3)8-15(14,2)9-13(16)5-7-14/h12H,4-11H2,1-3H3/t12-,14+,15-/m1/s1. The normalized spacial score (nSPS) is 40.6. The number of fused-ring (bicyclic) bond motifs is 1. The Morgan fingerprint density at radius 2 is 2.06 bits per heavy atom. The first-order chi connectivity index (χ1) is 8.49. The van der Waals surface area contributed by atoms with E-state index in [1.54, 1.807) is 7.11 Å². The van der Waals surface area contributed by atoms with Gasteiger partial charge >= 0.3 is 0 Å². The van der Waals surface area contributed by atoms with Crippen LogP contribution in [0.5, 0.6) is 0 Å². The van der Waals surface area contributed by atoms with Gasteiger partial charge in [0.1, 0.15) is 12.6 Å². The zero-order chi connectivity index (χ0) is 13.2. The number of hydrogen-bond acceptors (Lipinski definition) is 3. The molecule has 2 fully saturated rings. The Bertz CT molecular complexity index is 315. The van der Waals surface area contributed by atoms with E-state index >= 15 is 0 Å². The van der Waals surface area contributed by atoms with Crippen LogP contribution in [0.15, 0.2) is 0 Å². The van der Waals surface area contributed by atoms with Crippen molar-refractivity contribution in [1.29, 1.82) is 0 Å². The van der Waals surface area contributed by atoms with Crippen LogP contribution in [-0.2, 0) is 14.3 Å². The molecule has 3 heteroatoms. The van der Waals surface area contributed by atoms with Crippen LogP contribution >= 0.6 is 0 Å². The molecule has 2 rings (SSSR count). The Kier molecular flexibility index (Phi) is 4.12. The average molecular weight is 254 g/mol. The second-order valence-corrected chi connectivity index (χ2v) is 6.72. The van der Waals surface area contributed by atoms with E-state index in [9.17, 15) is 4.79 Å². The molecule has 0 radical (unpaired) electrons. The predicted molar refractivity (Wildman–Crippen MR) is 70.2 cm³/mol. The third-order valence-electron chi connectivity index (χ3n) is 5.40. The summed E-state index contributed by atoms with van der Waals surface area (Å²) >= 11 is 0. The van der Waals surface area contributed by atoms with E-state index in [4.69, 9.17) is 9.47 Å². The Morgan fingerprint density at radius 3 is 2.78 bits per heavy atom. The van der Waals surface area contributed by atoms with E-state index in [-0.39, 0.29) is 5.41 Å². The van der Waals surface area contributed by atoms with Gasteiger partial charge < -0.3 is 9.47 Å². The summed E-state index contributed by atoms with van der Waals surface area (Å²) in [4.78, 5) is 11.8. The second-order valence-electron chi connectivity index (χ2n) is 6.72. The lowest BCUT2D eigenvalue weighted by Crippen LogP contribution is -2.48. The van der Waals surface area contributed by atoms with Crippen molar-refractivity contribution >= 4 is 5.78 Å². The molecule has 0 saturated heterocycles. The first-order valence-electron chi connectivity index (χ1n) is 7.07. The minimum Gasteiger partial charge on any atom is -0.359 e. The fourth-order valence-corrected chi connectivity index (χ4v) is 3.90. The molecule has 18 heavy (non-hydrogen) atoms. The molecular formula is C15H26O3. The van der Waals surface area contributed by atoms with Crippen molar-refractivity contribution < 1.29 is 14.3 Å². The van der Waals surface area contributed by atoms with Crippen molar-refractivity contribution in [2.45, 2.75) is 52.4 Å². The smallest absolute Gasteiger partial charge is 0.146 e. The number of methoxy groups -OCH3 is 1. The molecule has 0 aromatic carbocycles. The summed E-state index contributed by atoms with van der Waals surface area (Å²) in [6.45, 7) is 5.84. The number of rotatable bonds is 4. The third kappa shape index (κ3) is 2.62.